The van der Waals surface area contributed by atoms with Crippen molar-refractivity contribution >= 4 is 38.3 Å². The predicted octanol–water partition coefficient (Wildman–Crippen LogP) is -2.50. The highest BCUT2D eigenvalue weighted by atomic mass is 79.9. The zero-order valence-electron chi connectivity index (χ0n) is 20.4. The molecule has 0 unspecified atom stereocenters. The molecule has 1 fully saturated rings. The zero-order chi connectivity index (χ0) is 30.1. The number of piperidine rings is 1. The number of fused-ring (bicyclic) bond motifs is 1. The van der Waals surface area contributed by atoms with Crippen LogP contribution in [-0.4, -0.2) is 109 Å². The Labute approximate surface area is 231 Å². The van der Waals surface area contributed by atoms with Gasteiger partial charge in [0.1, 0.15) is 18.0 Å². The quantitative estimate of drug-likeness (QED) is 0.125. The van der Waals surface area contributed by atoms with E-state index in [1.807, 2.05) is 0 Å². The number of aromatic nitrogens is 2. The topological polar surface area (TPSA) is 262 Å². The number of rotatable bonds is 6. The molecule has 1 saturated heterocycles. The number of likely N-dealkylation sites (tertiary alicyclic amines) is 1. The molecule has 2 aromatic carbocycles. The molecule has 0 saturated carbocycles. The summed E-state index contributed by atoms with van der Waals surface area (Å²) in [6, 6.07) is 6.38. The average Bonchev–Trinajstić information content (AvgIpc) is 2.83. The minimum Gasteiger partial charge on any atom is -0.493 e. The van der Waals surface area contributed by atoms with Crippen molar-refractivity contribution in [3.63, 3.8) is 0 Å². The molecule has 3 aromatic rings. The fraction of sp³-hybridized carbons (Fsp3) is 0.364. The van der Waals surface area contributed by atoms with Gasteiger partial charge in [-0.2, -0.15) is 4.90 Å². The second kappa shape index (κ2) is 9.62. The number of likely N-dealkylation sites (N-methyl/N-ethyl adjacent to an activating group) is 1. The van der Waals surface area contributed by atoms with E-state index in [1.165, 1.54) is 18.2 Å². The normalized spacial score (nSPS) is 20.4. The molecule has 2 heterocycles. The third-order valence-corrected chi connectivity index (χ3v) is 6.96. The van der Waals surface area contributed by atoms with Crippen molar-refractivity contribution < 1.29 is 64.9 Å². The Morgan fingerprint density at radius 1 is 0.950 bits per heavy atom. The second-order valence-corrected chi connectivity index (χ2v) is 9.88. The Kier molecular flexibility index (Phi) is 7.24. The van der Waals surface area contributed by atoms with E-state index in [0.717, 1.165) is 19.5 Å². The Bertz CT molecular complexity index is 1430. The number of benzene rings is 2. The van der Waals surface area contributed by atoms with Gasteiger partial charge in [0, 0.05) is 15.9 Å². The van der Waals surface area contributed by atoms with Gasteiger partial charge in [0.2, 0.25) is 0 Å². The van der Waals surface area contributed by atoms with Crippen molar-refractivity contribution in [1.29, 1.82) is 0 Å². The van der Waals surface area contributed by atoms with Gasteiger partial charge >= 0.3 is 5.97 Å². The largest absolute Gasteiger partial charge is 0.493 e. The van der Waals surface area contributed by atoms with Crippen LogP contribution < -0.4 is 14.8 Å². The number of anilines is 2. The summed E-state index contributed by atoms with van der Waals surface area (Å²) >= 11 is 3.15. The molecule has 218 valence electrons. The monoisotopic (exact) mass is 634 g/mol. The highest BCUT2D eigenvalue weighted by Crippen LogP contribution is 2.51. The van der Waals surface area contributed by atoms with Gasteiger partial charge in [0.25, 0.3) is 23.4 Å². The lowest BCUT2D eigenvalue weighted by atomic mass is 9.77. The summed E-state index contributed by atoms with van der Waals surface area (Å²) in [4.78, 5) is 7.58. The van der Waals surface area contributed by atoms with E-state index < -0.39 is 51.8 Å². The Morgan fingerprint density at radius 3 is 2.10 bits per heavy atom. The van der Waals surface area contributed by atoms with Crippen molar-refractivity contribution in [2.24, 2.45) is 5.92 Å². The lowest BCUT2D eigenvalue weighted by Crippen LogP contribution is -2.88. The van der Waals surface area contributed by atoms with Gasteiger partial charge < -0.3 is 65.9 Å². The van der Waals surface area contributed by atoms with E-state index in [2.05, 4.69) is 31.2 Å². The predicted molar refractivity (Wildman–Crippen MR) is 131 cm³/mol. The van der Waals surface area contributed by atoms with Gasteiger partial charge in [-0.3, -0.25) is 0 Å². The number of nitrogens with one attached hydrogen (secondary N) is 1. The van der Waals surface area contributed by atoms with Crippen LogP contribution in [0.5, 0.6) is 11.5 Å². The van der Waals surface area contributed by atoms with E-state index in [-0.39, 0.29) is 28.2 Å². The molecule has 11 N–H and O–H groups in total. The number of nitrogens with zero attached hydrogens (tertiary/aromatic N) is 3. The number of aliphatic hydroxyl groups is 10. The first-order valence-corrected chi connectivity index (χ1v) is 11.8. The molecule has 0 atom stereocenters. The maximum atomic E-state index is 14.4. The zero-order valence-corrected chi connectivity index (χ0v) is 22.0. The Morgan fingerprint density at radius 2 is 1.55 bits per heavy atom. The van der Waals surface area contributed by atoms with Crippen LogP contribution in [0.25, 0.3) is 10.9 Å². The van der Waals surface area contributed by atoms with E-state index in [0.29, 0.717) is 11.5 Å². The van der Waals surface area contributed by atoms with Gasteiger partial charge in [-0.15, -0.1) is 0 Å². The van der Waals surface area contributed by atoms with Crippen LogP contribution in [0.2, 0.25) is 0 Å². The van der Waals surface area contributed by atoms with Crippen LogP contribution in [0, 0.1) is 11.7 Å². The van der Waals surface area contributed by atoms with Crippen LogP contribution in [-0.2, 0) is 0 Å². The molecule has 0 bridgehead atoms. The van der Waals surface area contributed by atoms with Crippen LogP contribution in [0.3, 0.4) is 0 Å². The van der Waals surface area contributed by atoms with E-state index >= 15 is 0 Å². The minimum atomic E-state index is -4.32. The van der Waals surface area contributed by atoms with E-state index in [9.17, 15) is 55.5 Å². The summed E-state index contributed by atoms with van der Waals surface area (Å²) in [5.41, 5.74) is 0.0350. The lowest BCUT2D eigenvalue weighted by molar-refractivity contribution is -0.593. The van der Waals surface area contributed by atoms with Crippen molar-refractivity contribution in [3.05, 3.63) is 46.9 Å². The number of hydrogen-bond acceptors (Lipinski definition) is 16. The lowest BCUT2D eigenvalue weighted by Gasteiger charge is -2.60. The molecule has 0 spiro atoms. The fourth-order valence-electron chi connectivity index (χ4n) is 4.25. The summed E-state index contributed by atoms with van der Waals surface area (Å²) < 4.78 is 25.0. The average molecular weight is 635 g/mol. The molecule has 1 aliphatic rings. The van der Waals surface area contributed by atoms with Gasteiger partial charge in [-0.1, -0.05) is 15.9 Å². The van der Waals surface area contributed by atoms with E-state index in [4.69, 9.17) is 9.47 Å². The van der Waals surface area contributed by atoms with Crippen molar-refractivity contribution in [1.82, 2.24) is 14.9 Å². The van der Waals surface area contributed by atoms with Crippen LogP contribution >= 0.6 is 15.9 Å². The van der Waals surface area contributed by atoms with Crippen molar-refractivity contribution in [3.8, 4) is 11.5 Å². The second-order valence-electron chi connectivity index (χ2n) is 8.97. The molecule has 18 heteroatoms. The summed E-state index contributed by atoms with van der Waals surface area (Å²) in [5.74, 6) is -26.2. The first-order valence-electron chi connectivity index (χ1n) is 11.0. The molecule has 16 nitrogen and oxygen atoms in total. The minimum absolute atomic E-state index is 0.000782. The molecule has 0 amide bonds. The van der Waals surface area contributed by atoms with Crippen LogP contribution in [0.4, 0.5) is 15.9 Å². The highest BCUT2D eigenvalue weighted by Gasteiger charge is 2.81. The molecule has 1 aromatic heterocycles. The standard InChI is InChI=1S/C22H24BrFN4O12/c1-28-21(35,36)18(29,30)17(19(31,32)22(28,37)38)20(33,34)40-15-7-13-10(6-14(15)39-2)16(26-8-25-13)27-12-4-3-9(23)5-11(12)24/h3-8,17,29-38H,1-2H3,(H,25,26,27). The first-order chi connectivity index (χ1) is 18.3. The molecule has 40 heavy (non-hydrogen) atoms. The van der Waals surface area contributed by atoms with Crippen molar-refractivity contribution in [2.45, 2.75) is 29.4 Å². The molecular formula is C22H24BrFN4O12. The third-order valence-electron chi connectivity index (χ3n) is 6.47. The summed E-state index contributed by atoms with van der Waals surface area (Å²) in [6.07, 6.45) is 1.05. The third kappa shape index (κ3) is 4.53. The number of hydrogen-bond donors (Lipinski definition) is 11. The van der Waals surface area contributed by atoms with Crippen molar-refractivity contribution in [2.75, 3.05) is 19.5 Å². The fourth-order valence-corrected chi connectivity index (χ4v) is 4.58. The molecule has 1 aliphatic heterocycles. The van der Waals surface area contributed by atoms with Gasteiger partial charge in [0.05, 0.1) is 18.3 Å². The Hall–Kier alpha value is -2.85. The maximum absolute atomic E-state index is 14.4. The maximum Gasteiger partial charge on any atom is 0.336 e. The number of methoxy groups -OCH3 is 1. The first kappa shape index (κ1) is 30.1. The van der Waals surface area contributed by atoms with Crippen LogP contribution in [0.15, 0.2) is 41.1 Å². The molecule has 0 radical (unpaired) electrons. The number of halogens is 2. The van der Waals surface area contributed by atoms with Gasteiger partial charge in [-0.25, -0.2) is 14.4 Å². The SMILES string of the molecule is COc1cc2c(Nc3ccc(Br)cc3F)ncnc2cc1OC(O)(O)C1C(O)(O)C(O)(O)N(C)C(O)(O)C1(O)O. The number of ether oxygens (including phenoxy) is 2. The summed E-state index contributed by atoms with van der Waals surface area (Å²) in [6.45, 7) is 0. The summed E-state index contributed by atoms with van der Waals surface area (Å²) in [7, 11) is 1.54. The molecule has 0 aliphatic carbocycles. The highest BCUT2D eigenvalue weighted by molar-refractivity contribution is 9.10. The summed E-state index contributed by atoms with van der Waals surface area (Å²) in [5, 5.41) is 107. The van der Waals surface area contributed by atoms with E-state index in [1.54, 1.807) is 6.07 Å². The van der Waals surface area contributed by atoms with Crippen LogP contribution in [0.1, 0.15) is 0 Å². The van der Waals surface area contributed by atoms with Gasteiger partial charge in [-0.05, 0) is 31.3 Å². The molecule has 4 rings (SSSR count). The molecular weight excluding hydrogens is 611 g/mol. The Balaban J connectivity index is 1.79. The van der Waals surface area contributed by atoms with Gasteiger partial charge in [0.15, 0.2) is 17.4 Å². The smallest absolute Gasteiger partial charge is 0.336 e.